The zero-order chi connectivity index (χ0) is 44.8. The quantitative estimate of drug-likeness (QED) is 0.164. The highest BCUT2D eigenvalue weighted by atomic mass is 32.1. The molecule has 0 spiro atoms. The normalized spacial score (nSPS) is 16.4. The van der Waals surface area contributed by atoms with Gasteiger partial charge in [0.25, 0.3) is 6.71 Å². The summed E-state index contributed by atoms with van der Waals surface area (Å²) in [5.74, 6) is 0. The van der Waals surface area contributed by atoms with Gasteiger partial charge in [-0.1, -0.05) is 162 Å². The van der Waals surface area contributed by atoms with E-state index < -0.39 is 0 Å². The molecule has 3 heterocycles. The maximum absolute atomic E-state index is 2.69. The van der Waals surface area contributed by atoms with Crippen LogP contribution in [0.3, 0.4) is 0 Å². The molecule has 2 aliphatic heterocycles. The van der Waals surface area contributed by atoms with Gasteiger partial charge in [-0.05, 0) is 151 Å². The molecule has 6 aromatic carbocycles. The SMILES string of the molecule is Cc1ccc2sc3c(c2c1)B1c2cc4c(cc2N(c2ccc(C(C)(C)C)cc2)c2cc(C(C)(C)C)cc(c21)N3c1ccc(C(C)(C)C)cc1-c1ccccc1)C(C)(C)CCC4(C)C. The van der Waals surface area contributed by atoms with E-state index in [1.165, 1.54) is 117 Å². The number of anilines is 6. The Bertz CT molecular complexity index is 2960. The Morgan fingerprint density at radius 1 is 0.524 bits per heavy atom. The second kappa shape index (κ2) is 14.0. The van der Waals surface area contributed by atoms with Crippen LogP contribution in [0.2, 0.25) is 0 Å². The molecule has 0 saturated heterocycles. The van der Waals surface area contributed by atoms with Gasteiger partial charge in [-0.15, -0.1) is 11.3 Å². The molecule has 4 heteroatoms. The maximum Gasteiger partial charge on any atom is 0.254 e. The summed E-state index contributed by atoms with van der Waals surface area (Å²) in [6, 6.07) is 45.5. The molecule has 2 nitrogen and oxygen atoms in total. The van der Waals surface area contributed by atoms with Crippen molar-refractivity contribution in [1.29, 1.82) is 0 Å². The van der Waals surface area contributed by atoms with Gasteiger partial charge in [0.15, 0.2) is 0 Å². The minimum Gasteiger partial charge on any atom is -0.311 e. The zero-order valence-electron chi connectivity index (χ0n) is 40.3. The molecule has 7 aromatic rings. The molecule has 0 N–H and O–H groups in total. The van der Waals surface area contributed by atoms with Crippen molar-refractivity contribution in [2.75, 3.05) is 9.80 Å². The topological polar surface area (TPSA) is 6.48 Å². The van der Waals surface area contributed by atoms with Crippen molar-refractivity contribution in [3.63, 3.8) is 0 Å². The molecule has 0 radical (unpaired) electrons. The summed E-state index contributed by atoms with van der Waals surface area (Å²) in [5.41, 5.74) is 21.5. The van der Waals surface area contributed by atoms with E-state index in [0.717, 1.165) is 0 Å². The average molecular weight is 845 g/mol. The molecule has 0 saturated carbocycles. The first kappa shape index (κ1) is 41.9. The molecular formula is C59H65BN2S. The second-order valence-corrected chi connectivity index (χ2v) is 24.5. The Balaban J connectivity index is 1.38. The summed E-state index contributed by atoms with van der Waals surface area (Å²) < 4.78 is 1.34. The molecule has 1 aliphatic carbocycles. The molecule has 0 amide bonds. The Labute approximate surface area is 382 Å². The lowest BCUT2D eigenvalue weighted by molar-refractivity contribution is 0.332. The largest absolute Gasteiger partial charge is 0.311 e. The third-order valence-electron chi connectivity index (χ3n) is 14.9. The van der Waals surface area contributed by atoms with Gasteiger partial charge < -0.3 is 9.80 Å². The highest BCUT2D eigenvalue weighted by Crippen LogP contribution is 2.53. The smallest absolute Gasteiger partial charge is 0.254 e. The van der Waals surface area contributed by atoms with Crippen LogP contribution in [0, 0.1) is 6.92 Å². The summed E-state index contributed by atoms with van der Waals surface area (Å²) >= 11 is 1.97. The van der Waals surface area contributed by atoms with E-state index >= 15 is 0 Å². The molecule has 0 bridgehead atoms. The van der Waals surface area contributed by atoms with E-state index in [1.54, 1.807) is 0 Å². The van der Waals surface area contributed by atoms with Gasteiger partial charge in [-0.25, -0.2) is 0 Å². The van der Waals surface area contributed by atoms with E-state index in [9.17, 15) is 0 Å². The van der Waals surface area contributed by atoms with Gasteiger partial charge in [0, 0.05) is 33.0 Å². The number of fused-ring (bicyclic) bond motifs is 7. The molecule has 1 aromatic heterocycles. The summed E-state index contributed by atoms with van der Waals surface area (Å²) in [6.07, 6.45) is 2.35. The number of hydrogen-bond donors (Lipinski definition) is 0. The van der Waals surface area contributed by atoms with Crippen molar-refractivity contribution in [3.05, 3.63) is 149 Å². The fraction of sp³-hybridized carbons (Fsp3) is 0.356. The Kier molecular flexibility index (Phi) is 9.30. The van der Waals surface area contributed by atoms with Gasteiger partial charge in [0.05, 0.1) is 10.7 Å². The number of hydrogen-bond acceptors (Lipinski definition) is 3. The molecule has 0 unspecified atom stereocenters. The van der Waals surface area contributed by atoms with Crippen molar-refractivity contribution in [1.82, 2.24) is 0 Å². The third kappa shape index (κ3) is 6.72. The van der Waals surface area contributed by atoms with Gasteiger partial charge in [0.1, 0.15) is 0 Å². The monoisotopic (exact) mass is 844 g/mol. The van der Waals surface area contributed by atoms with Crippen molar-refractivity contribution < 1.29 is 0 Å². The van der Waals surface area contributed by atoms with Crippen molar-refractivity contribution >= 4 is 78.0 Å². The standard InChI is InChI=1S/C59H65BN2S/c1-36-20-27-51-43(30-36)52-54(63-51)62(47-26-23-39(56(5,6)7)31-42(47)37-18-16-15-17-19-37)50-33-40(57(8,9)10)32-49-53(50)60(52)46-34-44-45(59(13,14)29-28-58(44,11)12)35-48(46)61(49)41-24-21-38(22-25-41)55(2,3)4/h15-27,30-35H,28-29H2,1-14H3. The van der Waals surface area contributed by atoms with Gasteiger partial charge in [-0.2, -0.15) is 0 Å². The second-order valence-electron chi connectivity index (χ2n) is 23.5. The predicted octanol–water partition coefficient (Wildman–Crippen LogP) is 15.2. The first-order valence-electron chi connectivity index (χ1n) is 23.3. The summed E-state index contributed by atoms with van der Waals surface area (Å²) in [4.78, 5) is 5.35. The molecule has 63 heavy (non-hydrogen) atoms. The summed E-state index contributed by atoms with van der Waals surface area (Å²) in [7, 11) is 0. The highest BCUT2D eigenvalue weighted by molar-refractivity contribution is 7.26. The van der Waals surface area contributed by atoms with Crippen molar-refractivity contribution in [2.45, 2.75) is 137 Å². The third-order valence-corrected chi connectivity index (χ3v) is 16.0. The van der Waals surface area contributed by atoms with Crippen LogP contribution in [0.15, 0.2) is 115 Å². The van der Waals surface area contributed by atoms with Gasteiger partial charge >= 0.3 is 0 Å². The molecule has 10 rings (SSSR count). The van der Waals surface area contributed by atoms with E-state index in [4.69, 9.17) is 0 Å². The van der Waals surface area contributed by atoms with Crippen LogP contribution in [-0.4, -0.2) is 6.71 Å². The molecule has 3 aliphatic rings. The molecule has 0 atom stereocenters. The lowest BCUT2D eigenvalue weighted by Gasteiger charge is -2.47. The zero-order valence-corrected chi connectivity index (χ0v) is 41.1. The predicted molar refractivity (Wildman–Crippen MR) is 277 cm³/mol. The van der Waals surface area contributed by atoms with E-state index in [2.05, 4.69) is 222 Å². The van der Waals surface area contributed by atoms with Crippen LogP contribution >= 0.6 is 11.3 Å². The first-order valence-corrected chi connectivity index (χ1v) is 24.2. The van der Waals surface area contributed by atoms with Gasteiger partial charge in [-0.3, -0.25) is 0 Å². The van der Waals surface area contributed by atoms with Crippen LogP contribution in [0.4, 0.5) is 33.4 Å². The van der Waals surface area contributed by atoms with E-state index in [1.807, 2.05) is 11.3 Å². The molecule has 0 fully saturated rings. The number of thiophene rings is 1. The minimum atomic E-state index is -0.105. The number of rotatable bonds is 3. The van der Waals surface area contributed by atoms with Crippen LogP contribution in [0.5, 0.6) is 0 Å². The summed E-state index contributed by atoms with van der Waals surface area (Å²) in [5, 5.41) is 2.71. The fourth-order valence-corrected chi connectivity index (χ4v) is 12.0. The lowest BCUT2D eigenvalue weighted by Crippen LogP contribution is -2.61. The highest BCUT2D eigenvalue weighted by Gasteiger charge is 2.48. The molecular weight excluding hydrogens is 780 g/mol. The fourth-order valence-electron chi connectivity index (χ4n) is 10.8. The minimum absolute atomic E-state index is 0.00506. The number of benzene rings is 6. The number of aryl methyl sites for hydroxylation is 1. The maximum atomic E-state index is 2.69. The average Bonchev–Trinajstić information content (AvgIpc) is 3.59. The van der Waals surface area contributed by atoms with Crippen molar-refractivity contribution in [3.8, 4) is 11.1 Å². The van der Waals surface area contributed by atoms with Crippen LogP contribution in [0.25, 0.3) is 21.2 Å². The van der Waals surface area contributed by atoms with E-state index in [0.29, 0.717) is 0 Å². The number of nitrogens with zero attached hydrogens (tertiary/aromatic N) is 2. The van der Waals surface area contributed by atoms with E-state index in [-0.39, 0.29) is 33.8 Å². The van der Waals surface area contributed by atoms with Crippen molar-refractivity contribution in [2.24, 2.45) is 0 Å². The van der Waals surface area contributed by atoms with Crippen LogP contribution < -0.4 is 26.2 Å². The Morgan fingerprint density at radius 2 is 1.11 bits per heavy atom. The Hall–Kier alpha value is -5.06. The van der Waals surface area contributed by atoms with Crippen LogP contribution in [-0.2, 0) is 27.1 Å². The molecule has 320 valence electrons. The first-order chi connectivity index (χ1) is 29.5. The lowest BCUT2D eigenvalue weighted by atomic mass is 9.33. The Morgan fingerprint density at radius 3 is 1.73 bits per heavy atom. The van der Waals surface area contributed by atoms with Crippen LogP contribution in [0.1, 0.15) is 136 Å². The van der Waals surface area contributed by atoms with Gasteiger partial charge in [0.2, 0.25) is 0 Å². The summed E-state index contributed by atoms with van der Waals surface area (Å²) in [6.45, 7) is 33.3.